The number of nitrogens with zero attached hydrogens (tertiary/aromatic N) is 4. The Bertz CT molecular complexity index is 587. The second-order valence-electron chi connectivity index (χ2n) is 8.42. The van der Waals surface area contributed by atoms with E-state index in [9.17, 15) is 14.8 Å². The summed E-state index contributed by atoms with van der Waals surface area (Å²) in [6, 6.07) is 1.78. The zero-order valence-corrected chi connectivity index (χ0v) is 13.9. The highest BCUT2D eigenvalue weighted by atomic mass is 16.3. The van der Waals surface area contributed by atoms with E-state index in [1.807, 2.05) is 0 Å². The van der Waals surface area contributed by atoms with Gasteiger partial charge in [-0.05, 0) is 56.8 Å². The van der Waals surface area contributed by atoms with Gasteiger partial charge in [0.1, 0.15) is 12.6 Å². The molecule has 130 valence electrons. The van der Waals surface area contributed by atoms with Crippen LogP contribution in [0.15, 0.2) is 5.29 Å². The molecule has 0 spiro atoms. The molecule has 1 N–H and O–H groups in total. The number of hydrogen-bond donors (Lipinski definition) is 1. The summed E-state index contributed by atoms with van der Waals surface area (Å²) in [5, 5.41) is 24.6. The predicted molar refractivity (Wildman–Crippen MR) is 85.2 cm³/mol. The molecule has 7 heteroatoms. The molecule has 0 aromatic carbocycles. The summed E-state index contributed by atoms with van der Waals surface area (Å²) in [6.45, 7) is 0.503. The monoisotopic (exact) mass is 332 g/mol. The third kappa shape index (κ3) is 2.39. The first-order valence-corrected chi connectivity index (χ1v) is 8.99. The molecule has 1 amide bonds. The largest absolute Gasteiger partial charge is 0.390 e. The molecule has 0 aromatic rings. The first kappa shape index (κ1) is 15.8. The Labute approximate surface area is 141 Å². The van der Waals surface area contributed by atoms with Crippen molar-refractivity contribution >= 4 is 5.91 Å². The van der Waals surface area contributed by atoms with Gasteiger partial charge in [0.2, 0.25) is 5.91 Å². The van der Waals surface area contributed by atoms with Crippen molar-refractivity contribution in [3.05, 3.63) is 4.91 Å². The molecule has 4 bridgehead atoms. The molecule has 1 aliphatic heterocycles. The fraction of sp³-hybridized carbons (Fsp3) is 0.882. The van der Waals surface area contributed by atoms with Gasteiger partial charge in [0, 0.05) is 13.0 Å². The van der Waals surface area contributed by atoms with Gasteiger partial charge in [-0.1, -0.05) is 0 Å². The molecule has 3 atom stereocenters. The van der Waals surface area contributed by atoms with E-state index in [-0.39, 0.29) is 18.5 Å². The minimum Gasteiger partial charge on any atom is -0.390 e. The topological polar surface area (TPSA) is 97.0 Å². The summed E-state index contributed by atoms with van der Waals surface area (Å²) in [5.74, 6) is 0.657. The predicted octanol–water partition coefficient (Wildman–Crippen LogP) is 1.57. The lowest BCUT2D eigenvalue weighted by molar-refractivity contribution is -0.179. The molecule has 5 aliphatic rings. The van der Waals surface area contributed by atoms with Crippen LogP contribution in [0.3, 0.4) is 0 Å². The molecule has 3 unspecified atom stereocenters. The fourth-order valence-electron chi connectivity index (χ4n) is 6.17. The molecule has 0 aromatic heterocycles. The van der Waals surface area contributed by atoms with Crippen molar-refractivity contribution in [2.24, 2.45) is 17.1 Å². The number of amides is 1. The Morgan fingerprint density at radius 3 is 2.62 bits per heavy atom. The number of carbonyl (C=O) groups excluding carboxylic acids is 1. The van der Waals surface area contributed by atoms with Crippen molar-refractivity contribution in [1.29, 1.82) is 5.26 Å². The minimum atomic E-state index is -0.696. The van der Waals surface area contributed by atoms with Crippen LogP contribution in [0.4, 0.5) is 0 Å². The molecular weight excluding hydrogens is 308 g/mol. The van der Waals surface area contributed by atoms with Gasteiger partial charge in [0.15, 0.2) is 0 Å². The van der Waals surface area contributed by atoms with Gasteiger partial charge in [-0.2, -0.15) is 5.26 Å². The molecule has 5 fully saturated rings. The van der Waals surface area contributed by atoms with Crippen molar-refractivity contribution in [2.75, 3.05) is 13.1 Å². The van der Waals surface area contributed by atoms with E-state index in [1.54, 1.807) is 4.90 Å². The van der Waals surface area contributed by atoms with Gasteiger partial charge in [0.25, 0.3) is 0 Å². The highest BCUT2D eigenvalue weighted by molar-refractivity contribution is 5.79. The van der Waals surface area contributed by atoms with E-state index < -0.39 is 11.1 Å². The molecule has 0 radical (unpaired) electrons. The van der Waals surface area contributed by atoms with E-state index in [0.29, 0.717) is 31.2 Å². The van der Waals surface area contributed by atoms with Crippen LogP contribution in [0.2, 0.25) is 0 Å². The maximum atomic E-state index is 12.6. The zero-order chi connectivity index (χ0) is 16.9. The average Bonchev–Trinajstić information content (AvgIpc) is 2.98. The van der Waals surface area contributed by atoms with Gasteiger partial charge >= 0.3 is 0 Å². The van der Waals surface area contributed by atoms with Crippen molar-refractivity contribution in [3.8, 4) is 6.07 Å². The minimum absolute atomic E-state index is 0.0722. The number of rotatable bonds is 4. The highest BCUT2D eigenvalue weighted by Crippen LogP contribution is 2.59. The Hall–Kier alpha value is -1.68. The van der Waals surface area contributed by atoms with Crippen LogP contribution in [0.1, 0.15) is 51.4 Å². The standard InChI is InChI=1S/C17H24N4O3/c18-9-14-2-1-3-20(14)15(22)10-21(19-24)16-5-12-4-13(6-16)8-17(23,7-12)11-16/h12-14,23H,1-8,10-11H2. The lowest BCUT2D eigenvalue weighted by atomic mass is 9.51. The van der Waals surface area contributed by atoms with Gasteiger partial charge in [-0.3, -0.25) is 4.79 Å². The Balaban J connectivity index is 1.53. The van der Waals surface area contributed by atoms with Crippen molar-refractivity contribution in [2.45, 2.75) is 68.5 Å². The van der Waals surface area contributed by atoms with E-state index >= 15 is 0 Å². The number of nitriles is 1. The van der Waals surface area contributed by atoms with Crippen LogP contribution in [0, 0.1) is 28.1 Å². The fourth-order valence-corrected chi connectivity index (χ4v) is 6.17. The van der Waals surface area contributed by atoms with Crippen molar-refractivity contribution in [3.63, 3.8) is 0 Å². The van der Waals surface area contributed by atoms with Gasteiger partial charge in [-0.25, -0.2) is 5.01 Å². The van der Waals surface area contributed by atoms with Crippen molar-refractivity contribution in [1.82, 2.24) is 9.91 Å². The van der Waals surface area contributed by atoms with E-state index in [2.05, 4.69) is 11.4 Å². The SMILES string of the molecule is N#CC1CCCN1C(=O)CN(N=O)C12CC3CC(CC(O)(C3)C1)C2. The number of hydrogen-bond acceptors (Lipinski definition) is 5. The maximum Gasteiger partial charge on any atom is 0.245 e. The summed E-state index contributed by atoms with van der Waals surface area (Å²) < 4.78 is 0. The normalized spacial score (nSPS) is 42.8. The van der Waals surface area contributed by atoms with Crippen LogP contribution in [0.5, 0.6) is 0 Å². The Morgan fingerprint density at radius 1 is 1.33 bits per heavy atom. The van der Waals surface area contributed by atoms with E-state index in [0.717, 1.165) is 38.5 Å². The first-order chi connectivity index (χ1) is 11.5. The summed E-state index contributed by atoms with van der Waals surface area (Å²) in [4.78, 5) is 25.8. The molecule has 4 aliphatic carbocycles. The van der Waals surface area contributed by atoms with Crippen LogP contribution in [-0.2, 0) is 4.79 Å². The molecule has 1 heterocycles. The summed E-state index contributed by atoms with van der Waals surface area (Å²) in [5.41, 5.74) is -1.17. The summed E-state index contributed by atoms with van der Waals surface area (Å²) in [6.07, 6.45) is 6.49. The van der Waals surface area contributed by atoms with E-state index in [4.69, 9.17) is 5.26 Å². The number of aliphatic hydroxyl groups is 1. The molecule has 4 saturated carbocycles. The number of nitroso groups, excluding NO2 is 1. The third-order valence-electron chi connectivity index (χ3n) is 6.65. The molecule has 1 saturated heterocycles. The molecular formula is C17H24N4O3. The van der Waals surface area contributed by atoms with Crippen LogP contribution < -0.4 is 0 Å². The lowest BCUT2D eigenvalue weighted by Gasteiger charge is -2.61. The average molecular weight is 332 g/mol. The lowest BCUT2D eigenvalue weighted by Crippen LogP contribution is -2.65. The molecule has 7 nitrogen and oxygen atoms in total. The second kappa shape index (κ2) is 5.41. The first-order valence-electron chi connectivity index (χ1n) is 8.99. The third-order valence-corrected chi connectivity index (χ3v) is 6.65. The van der Waals surface area contributed by atoms with Gasteiger partial charge < -0.3 is 10.0 Å². The molecule has 5 rings (SSSR count). The number of likely N-dealkylation sites (tertiary alicyclic amines) is 1. The van der Waals surface area contributed by atoms with Crippen molar-refractivity contribution < 1.29 is 9.90 Å². The van der Waals surface area contributed by atoms with Crippen LogP contribution in [-0.4, -0.2) is 51.2 Å². The highest BCUT2D eigenvalue weighted by Gasteiger charge is 2.60. The smallest absolute Gasteiger partial charge is 0.245 e. The summed E-state index contributed by atoms with van der Waals surface area (Å²) in [7, 11) is 0. The molecule has 24 heavy (non-hydrogen) atoms. The summed E-state index contributed by atoms with van der Waals surface area (Å²) >= 11 is 0. The number of carbonyl (C=O) groups is 1. The van der Waals surface area contributed by atoms with Crippen LogP contribution >= 0.6 is 0 Å². The quantitative estimate of drug-likeness (QED) is 0.622. The Kier molecular flexibility index (Phi) is 3.57. The van der Waals surface area contributed by atoms with E-state index in [1.165, 1.54) is 5.01 Å². The van der Waals surface area contributed by atoms with Gasteiger partial charge in [0.05, 0.1) is 22.5 Å². The Morgan fingerprint density at radius 2 is 2.04 bits per heavy atom. The zero-order valence-electron chi connectivity index (χ0n) is 13.9. The van der Waals surface area contributed by atoms with Gasteiger partial charge in [-0.15, -0.1) is 4.91 Å². The maximum absolute atomic E-state index is 12.6. The second-order valence-corrected chi connectivity index (χ2v) is 8.42. The van der Waals surface area contributed by atoms with Crippen LogP contribution in [0.25, 0.3) is 0 Å².